The van der Waals surface area contributed by atoms with Crippen LogP contribution in [0.15, 0.2) is 23.5 Å². The molecule has 0 saturated heterocycles. The lowest BCUT2D eigenvalue weighted by Gasteiger charge is -1.99. The standard InChI is InChI=1S/C11H16N2O/c1-3-4-5-10-6-7-13(2)11(8-10)9-12-14/h6-9H,3-5H2,1-2H3/p+1. The van der Waals surface area contributed by atoms with E-state index in [0.717, 1.165) is 12.1 Å². The maximum absolute atomic E-state index is 8.47. The first-order valence-corrected chi connectivity index (χ1v) is 4.94. The molecule has 0 unspecified atom stereocenters. The Morgan fingerprint density at radius 1 is 1.57 bits per heavy atom. The van der Waals surface area contributed by atoms with E-state index >= 15 is 0 Å². The van der Waals surface area contributed by atoms with Crippen LogP contribution in [0.4, 0.5) is 0 Å². The molecule has 1 aromatic rings. The highest BCUT2D eigenvalue weighted by Gasteiger charge is 2.04. The van der Waals surface area contributed by atoms with Crippen LogP contribution in [-0.2, 0) is 13.5 Å². The fourth-order valence-electron chi connectivity index (χ4n) is 1.36. The highest BCUT2D eigenvalue weighted by atomic mass is 16.4. The molecule has 0 spiro atoms. The molecule has 14 heavy (non-hydrogen) atoms. The zero-order valence-electron chi connectivity index (χ0n) is 8.77. The van der Waals surface area contributed by atoms with Crippen molar-refractivity contribution >= 4 is 6.21 Å². The van der Waals surface area contributed by atoms with Crippen molar-refractivity contribution in [3.63, 3.8) is 0 Å². The summed E-state index contributed by atoms with van der Waals surface area (Å²) in [5, 5.41) is 11.5. The van der Waals surface area contributed by atoms with Crippen LogP contribution in [-0.4, -0.2) is 11.4 Å². The number of rotatable bonds is 4. The van der Waals surface area contributed by atoms with E-state index in [9.17, 15) is 0 Å². The normalized spacial score (nSPS) is 11.0. The van der Waals surface area contributed by atoms with Gasteiger partial charge in [0, 0.05) is 12.1 Å². The van der Waals surface area contributed by atoms with E-state index in [0.29, 0.717) is 0 Å². The molecule has 0 radical (unpaired) electrons. The second kappa shape index (κ2) is 5.37. The Labute approximate surface area is 84.7 Å². The summed E-state index contributed by atoms with van der Waals surface area (Å²) in [4.78, 5) is 0. The molecular weight excluding hydrogens is 176 g/mol. The minimum absolute atomic E-state index is 0.918. The molecule has 1 heterocycles. The number of hydrogen-bond donors (Lipinski definition) is 1. The van der Waals surface area contributed by atoms with Gasteiger partial charge in [0.1, 0.15) is 13.3 Å². The van der Waals surface area contributed by atoms with E-state index < -0.39 is 0 Å². The van der Waals surface area contributed by atoms with Gasteiger partial charge in [-0.1, -0.05) is 18.5 Å². The van der Waals surface area contributed by atoms with Gasteiger partial charge in [0.25, 0.3) is 0 Å². The summed E-state index contributed by atoms with van der Waals surface area (Å²) in [5.74, 6) is 0. The number of oxime groups is 1. The van der Waals surface area contributed by atoms with Crippen molar-refractivity contribution < 1.29 is 9.77 Å². The van der Waals surface area contributed by atoms with Gasteiger partial charge in [-0.2, -0.15) is 0 Å². The van der Waals surface area contributed by atoms with Crippen molar-refractivity contribution in [3.05, 3.63) is 29.6 Å². The third-order valence-electron chi connectivity index (χ3n) is 2.26. The van der Waals surface area contributed by atoms with Gasteiger partial charge < -0.3 is 5.21 Å². The molecule has 3 nitrogen and oxygen atoms in total. The molecular formula is C11H17N2O+. The lowest BCUT2D eigenvalue weighted by molar-refractivity contribution is -0.672. The van der Waals surface area contributed by atoms with Crippen molar-refractivity contribution in [3.8, 4) is 0 Å². The van der Waals surface area contributed by atoms with Crippen LogP contribution in [0.5, 0.6) is 0 Å². The van der Waals surface area contributed by atoms with Gasteiger partial charge in [0.15, 0.2) is 6.20 Å². The summed E-state index contributed by atoms with van der Waals surface area (Å²) in [6.45, 7) is 2.18. The first-order valence-electron chi connectivity index (χ1n) is 4.94. The molecule has 1 aromatic heterocycles. The van der Waals surface area contributed by atoms with E-state index in [1.165, 1.54) is 24.6 Å². The van der Waals surface area contributed by atoms with Gasteiger partial charge in [-0.25, -0.2) is 4.57 Å². The number of aryl methyl sites for hydroxylation is 2. The van der Waals surface area contributed by atoms with Gasteiger partial charge >= 0.3 is 0 Å². The minimum Gasteiger partial charge on any atom is -0.411 e. The second-order valence-corrected chi connectivity index (χ2v) is 3.42. The number of unbranched alkanes of at least 4 members (excludes halogenated alkanes) is 1. The molecule has 3 heteroatoms. The summed E-state index contributed by atoms with van der Waals surface area (Å²) in [5.41, 5.74) is 2.21. The fraction of sp³-hybridized carbons (Fsp3) is 0.455. The Morgan fingerprint density at radius 2 is 2.36 bits per heavy atom. The van der Waals surface area contributed by atoms with E-state index in [4.69, 9.17) is 5.21 Å². The lowest BCUT2D eigenvalue weighted by atomic mass is 10.1. The Balaban J connectivity index is 2.83. The van der Waals surface area contributed by atoms with E-state index in [1.54, 1.807) is 0 Å². The zero-order valence-corrected chi connectivity index (χ0v) is 8.77. The van der Waals surface area contributed by atoms with Crippen LogP contribution in [0.2, 0.25) is 0 Å². The number of pyridine rings is 1. The van der Waals surface area contributed by atoms with Gasteiger partial charge in [-0.15, -0.1) is 0 Å². The molecule has 0 atom stereocenters. The van der Waals surface area contributed by atoms with Crippen molar-refractivity contribution in [1.29, 1.82) is 0 Å². The van der Waals surface area contributed by atoms with Crippen molar-refractivity contribution in [2.45, 2.75) is 26.2 Å². The van der Waals surface area contributed by atoms with Crippen LogP contribution in [0, 0.1) is 0 Å². The summed E-state index contributed by atoms with van der Waals surface area (Å²) in [6, 6.07) is 4.15. The average molecular weight is 193 g/mol. The second-order valence-electron chi connectivity index (χ2n) is 3.42. The molecule has 0 aliphatic heterocycles. The van der Waals surface area contributed by atoms with Crippen LogP contribution in [0.25, 0.3) is 0 Å². The lowest BCUT2D eigenvalue weighted by Crippen LogP contribution is -2.33. The average Bonchev–Trinajstić information content (AvgIpc) is 2.19. The molecule has 0 aromatic carbocycles. The van der Waals surface area contributed by atoms with Crippen molar-refractivity contribution in [2.24, 2.45) is 12.2 Å². The Morgan fingerprint density at radius 3 is 3.00 bits per heavy atom. The summed E-state index contributed by atoms with van der Waals surface area (Å²) < 4.78 is 1.93. The molecule has 0 aliphatic rings. The molecule has 0 bridgehead atoms. The van der Waals surface area contributed by atoms with Gasteiger partial charge in [-0.05, 0) is 18.4 Å². The number of hydrogen-bond acceptors (Lipinski definition) is 2. The first kappa shape index (κ1) is 10.7. The summed E-state index contributed by atoms with van der Waals surface area (Å²) >= 11 is 0. The van der Waals surface area contributed by atoms with Gasteiger partial charge in [0.05, 0.1) is 0 Å². The maximum atomic E-state index is 8.47. The van der Waals surface area contributed by atoms with Crippen LogP contribution >= 0.6 is 0 Å². The summed E-state index contributed by atoms with van der Waals surface area (Å²) in [7, 11) is 1.93. The van der Waals surface area contributed by atoms with E-state index in [2.05, 4.69) is 24.2 Å². The molecule has 0 aliphatic carbocycles. The Kier molecular flexibility index (Phi) is 4.11. The first-order chi connectivity index (χ1) is 6.77. The fourth-order valence-corrected chi connectivity index (χ4v) is 1.36. The summed E-state index contributed by atoms with van der Waals surface area (Å²) in [6.07, 6.45) is 6.93. The molecule has 76 valence electrons. The molecule has 1 rings (SSSR count). The third kappa shape index (κ3) is 2.83. The van der Waals surface area contributed by atoms with Crippen LogP contribution in [0.1, 0.15) is 31.0 Å². The SMILES string of the molecule is CCCCc1cc[n+](C)c(C=NO)c1. The zero-order chi connectivity index (χ0) is 10.4. The molecule has 0 saturated carbocycles. The topological polar surface area (TPSA) is 36.5 Å². The predicted molar refractivity (Wildman–Crippen MR) is 55.6 cm³/mol. The Hall–Kier alpha value is -1.38. The largest absolute Gasteiger partial charge is 0.411 e. The molecule has 1 N–H and O–H groups in total. The molecule has 0 fully saturated rings. The predicted octanol–water partition coefficient (Wildman–Crippen LogP) is 1.66. The smallest absolute Gasteiger partial charge is 0.227 e. The van der Waals surface area contributed by atoms with Crippen molar-refractivity contribution in [1.82, 2.24) is 0 Å². The van der Waals surface area contributed by atoms with Gasteiger partial charge in [-0.3, -0.25) is 0 Å². The minimum atomic E-state index is 0.918. The highest BCUT2D eigenvalue weighted by molar-refractivity contribution is 5.74. The number of nitrogens with zero attached hydrogens (tertiary/aromatic N) is 2. The van der Waals surface area contributed by atoms with Crippen LogP contribution < -0.4 is 4.57 Å². The van der Waals surface area contributed by atoms with Crippen LogP contribution in [0.3, 0.4) is 0 Å². The quantitative estimate of drug-likeness (QED) is 0.336. The third-order valence-corrected chi connectivity index (χ3v) is 2.26. The number of aromatic nitrogens is 1. The monoisotopic (exact) mass is 193 g/mol. The molecule has 0 amide bonds. The van der Waals surface area contributed by atoms with E-state index in [-0.39, 0.29) is 0 Å². The van der Waals surface area contributed by atoms with Gasteiger partial charge in [0.2, 0.25) is 5.69 Å². The van der Waals surface area contributed by atoms with E-state index in [1.807, 2.05) is 17.8 Å². The Bertz CT molecular complexity index is 321. The van der Waals surface area contributed by atoms with Crippen molar-refractivity contribution in [2.75, 3.05) is 0 Å². The highest BCUT2D eigenvalue weighted by Crippen LogP contribution is 2.04. The maximum Gasteiger partial charge on any atom is 0.227 e.